The Balaban J connectivity index is 1.61. The highest BCUT2D eigenvalue weighted by Crippen LogP contribution is 2.39. The average molecular weight is 456 g/mol. The lowest BCUT2D eigenvalue weighted by atomic mass is 10.2. The third kappa shape index (κ3) is 4.46. The number of unbranched alkanes of at least 4 members (excludes halogenated alkanes) is 1. The van der Waals surface area contributed by atoms with Crippen LogP contribution in [0.25, 0.3) is 20.9 Å². The number of benzene rings is 1. The summed E-state index contributed by atoms with van der Waals surface area (Å²) in [5.41, 5.74) is 1.50. The summed E-state index contributed by atoms with van der Waals surface area (Å²) in [5, 5.41) is 10.8. The first-order valence-electron chi connectivity index (χ1n) is 9.98. The molecule has 32 heavy (non-hydrogen) atoms. The fourth-order valence-corrected chi connectivity index (χ4v) is 4.47. The van der Waals surface area contributed by atoms with Crippen LogP contribution >= 0.6 is 11.3 Å². The molecule has 3 aromatic heterocycles. The summed E-state index contributed by atoms with van der Waals surface area (Å²) in [4.78, 5) is 20.1. The average Bonchev–Trinajstić information content (AvgIpc) is 3.36. The van der Waals surface area contributed by atoms with Gasteiger partial charge in [-0.2, -0.15) is 0 Å². The second-order valence-corrected chi connectivity index (χ2v) is 8.24. The van der Waals surface area contributed by atoms with Crippen molar-refractivity contribution < 1.29 is 18.8 Å². The number of fused-ring (bicyclic) bond motifs is 1. The Hall–Kier alpha value is -3.37. The molecule has 0 unspecified atom stereocenters. The Morgan fingerprint density at radius 1 is 1.19 bits per heavy atom. The first kappa shape index (κ1) is 21.8. The van der Waals surface area contributed by atoms with Crippen molar-refractivity contribution in [2.75, 3.05) is 13.7 Å². The maximum Gasteiger partial charge on any atom is 0.272 e. The number of nitrogens with zero attached hydrogens (tertiary/aromatic N) is 4. The molecule has 10 heteroatoms. The van der Waals surface area contributed by atoms with E-state index in [0.29, 0.717) is 11.3 Å². The zero-order valence-corrected chi connectivity index (χ0v) is 18.4. The number of non-ortho nitro benzene ring substituents is 1. The standard InChI is InChI=1S/C22H21FN4O4S/c1-26-15(5-3-4-10-30-2)13-25-22(26)20-12-17-21(32-20)19(8-9-24-17)31-18-7-6-14(27(28)29)11-16(18)23/h6-9,11-13H,3-5,10H2,1-2H3. The summed E-state index contributed by atoms with van der Waals surface area (Å²) in [5.74, 6) is 0.353. The van der Waals surface area contributed by atoms with Crippen molar-refractivity contribution >= 4 is 27.2 Å². The number of hydrogen-bond donors (Lipinski definition) is 0. The number of methoxy groups -OCH3 is 1. The van der Waals surface area contributed by atoms with Gasteiger partial charge in [0.2, 0.25) is 0 Å². The van der Waals surface area contributed by atoms with Crippen molar-refractivity contribution in [3.8, 4) is 22.2 Å². The van der Waals surface area contributed by atoms with Crippen LogP contribution in [-0.4, -0.2) is 33.2 Å². The molecule has 0 atom stereocenters. The molecule has 8 nitrogen and oxygen atoms in total. The number of imidazole rings is 1. The van der Waals surface area contributed by atoms with E-state index < -0.39 is 10.7 Å². The van der Waals surface area contributed by atoms with Crippen LogP contribution in [0.1, 0.15) is 18.5 Å². The lowest BCUT2D eigenvalue weighted by Gasteiger charge is -2.07. The quantitative estimate of drug-likeness (QED) is 0.187. The van der Waals surface area contributed by atoms with Crippen LogP contribution in [0.4, 0.5) is 10.1 Å². The number of hydrogen-bond acceptors (Lipinski definition) is 7. The molecule has 3 heterocycles. The van der Waals surface area contributed by atoms with Crippen LogP contribution in [0.3, 0.4) is 0 Å². The zero-order chi connectivity index (χ0) is 22.7. The Bertz CT molecular complexity index is 1270. The van der Waals surface area contributed by atoms with E-state index in [2.05, 4.69) is 14.5 Å². The molecule has 0 aliphatic carbocycles. The lowest BCUT2D eigenvalue weighted by molar-refractivity contribution is -0.385. The van der Waals surface area contributed by atoms with Gasteiger partial charge >= 0.3 is 0 Å². The van der Waals surface area contributed by atoms with Gasteiger partial charge < -0.3 is 14.0 Å². The van der Waals surface area contributed by atoms with E-state index in [9.17, 15) is 14.5 Å². The number of aryl methyl sites for hydroxylation is 1. The minimum absolute atomic E-state index is 0.0895. The molecule has 166 valence electrons. The van der Waals surface area contributed by atoms with Gasteiger partial charge in [0.25, 0.3) is 5.69 Å². The normalized spacial score (nSPS) is 11.2. The molecule has 0 amide bonds. The molecule has 0 spiro atoms. The smallest absolute Gasteiger partial charge is 0.272 e. The highest BCUT2D eigenvalue weighted by atomic mass is 32.1. The molecule has 0 N–H and O–H groups in total. The largest absolute Gasteiger partial charge is 0.453 e. The Morgan fingerprint density at radius 2 is 2.03 bits per heavy atom. The summed E-state index contributed by atoms with van der Waals surface area (Å²) in [7, 11) is 3.68. The summed E-state index contributed by atoms with van der Waals surface area (Å²) < 4.78 is 28.0. The molecule has 0 saturated heterocycles. The lowest BCUT2D eigenvalue weighted by Crippen LogP contribution is -1.99. The molecule has 0 fully saturated rings. The monoisotopic (exact) mass is 456 g/mol. The SMILES string of the molecule is COCCCCc1cnc(-c2cc3nccc(Oc4ccc([N+](=O)[O-])cc4F)c3s2)n1C. The highest BCUT2D eigenvalue weighted by Gasteiger charge is 2.17. The summed E-state index contributed by atoms with van der Waals surface area (Å²) in [6.07, 6.45) is 6.37. The molecular formula is C22H21FN4O4S. The number of nitro groups is 1. The second kappa shape index (κ2) is 9.41. The molecule has 4 aromatic rings. The van der Waals surface area contributed by atoms with Gasteiger partial charge in [0.1, 0.15) is 11.6 Å². The van der Waals surface area contributed by atoms with Gasteiger partial charge in [-0.25, -0.2) is 9.37 Å². The predicted octanol–water partition coefficient (Wildman–Crippen LogP) is 5.51. The Kier molecular flexibility index (Phi) is 6.42. The van der Waals surface area contributed by atoms with Crippen molar-refractivity contribution in [1.82, 2.24) is 14.5 Å². The van der Waals surface area contributed by atoms with Crippen molar-refractivity contribution in [1.29, 1.82) is 0 Å². The summed E-state index contributed by atoms with van der Waals surface area (Å²) >= 11 is 1.45. The van der Waals surface area contributed by atoms with Crippen LogP contribution < -0.4 is 4.74 Å². The third-order valence-electron chi connectivity index (χ3n) is 5.06. The topological polar surface area (TPSA) is 92.3 Å². The van der Waals surface area contributed by atoms with Gasteiger partial charge in [-0.1, -0.05) is 0 Å². The molecule has 0 aliphatic rings. The third-order valence-corrected chi connectivity index (χ3v) is 6.19. The second-order valence-electron chi connectivity index (χ2n) is 7.19. The number of thiophene rings is 1. The van der Waals surface area contributed by atoms with E-state index in [-0.39, 0.29) is 11.4 Å². The zero-order valence-electron chi connectivity index (χ0n) is 17.6. The summed E-state index contributed by atoms with van der Waals surface area (Å²) in [6.45, 7) is 0.741. The van der Waals surface area contributed by atoms with Crippen molar-refractivity contribution in [3.63, 3.8) is 0 Å². The van der Waals surface area contributed by atoms with Gasteiger partial charge in [0, 0.05) is 51.0 Å². The van der Waals surface area contributed by atoms with Crippen molar-refractivity contribution in [2.45, 2.75) is 19.3 Å². The van der Waals surface area contributed by atoms with Crippen LogP contribution in [0.5, 0.6) is 11.5 Å². The molecule has 0 bridgehead atoms. The van der Waals surface area contributed by atoms with Crippen LogP contribution in [-0.2, 0) is 18.2 Å². The van der Waals surface area contributed by atoms with E-state index in [1.165, 1.54) is 23.5 Å². The number of pyridine rings is 1. The van der Waals surface area contributed by atoms with Gasteiger partial charge in [0.15, 0.2) is 11.6 Å². The maximum absolute atomic E-state index is 14.3. The number of halogens is 1. The van der Waals surface area contributed by atoms with E-state index in [1.807, 2.05) is 19.3 Å². The van der Waals surface area contributed by atoms with Crippen LogP contribution in [0, 0.1) is 15.9 Å². The van der Waals surface area contributed by atoms with Crippen LogP contribution in [0.15, 0.2) is 42.7 Å². The number of rotatable bonds is 9. The predicted molar refractivity (Wildman–Crippen MR) is 120 cm³/mol. The van der Waals surface area contributed by atoms with Gasteiger partial charge in [0.05, 0.1) is 26.1 Å². The van der Waals surface area contributed by atoms with E-state index in [4.69, 9.17) is 9.47 Å². The van der Waals surface area contributed by atoms with E-state index in [0.717, 1.165) is 53.0 Å². The van der Waals surface area contributed by atoms with E-state index >= 15 is 0 Å². The van der Waals surface area contributed by atoms with Crippen molar-refractivity contribution in [2.24, 2.45) is 7.05 Å². The fraction of sp³-hybridized carbons (Fsp3) is 0.273. The Morgan fingerprint density at radius 3 is 2.78 bits per heavy atom. The number of aromatic nitrogens is 3. The number of nitro benzene ring substituents is 1. The van der Waals surface area contributed by atoms with Gasteiger partial charge in [-0.05, 0) is 31.4 Å². The molecule has 0 aliphatic heterocycles. The number of ether oxygens (including phenoxy) is 2. The van der Waals surface area contributed by atoms with Crippen LogP contribution in [0.2, 0.25) is 0 Å². The maximum atomic E-state index is 14.3. The first-order chi connectivity index (χ1) is 15.5. The minimum Gasteiger partial charge on any atom is -0.453 e. The highest BCUT2D eigenvalue weighted by molar-refractivity contribution is 7.22. The first-order valence-corrected chi connectivity index (χ1v) is 10.8. The van der Waals surface area contributed by atoms with E-state index in [1.54, 1.807) is 19.4 Å². The molecule has 4 rings (SSSR count). The van der Waals surface area contributed by atoms with Gasteiger partial charge in [-0.3, -0.25) is 15.1 Å². The summed E-state index contributed by atoms with van der Waals surface area (Å²) in [6, 6.07) is 6.87. The molecule has 0 radical (unpaired) electrons. The van der Waals surface area contributed by atoms with Crippen molar-refractivity contribution in [3.05, 3.63) is 64.4 Å². The Labute approximate surface area is 187 Å². The van der Waals surface area contributed by atoms with Gasteiger partial charge in [-0.15, -0.1) is 11.3 Å². The molecule has 1 aromatic carbocycles. The molecule has 0 saturated carbocycles. The minimum atomic E-state index is -0.803. The molecular weight excluding hydrogens is 435 g/mol. The fourth-order valence-electron chi connectivity index (χ4n) is 3.37.